The van der Waals surface area contributed by atoms with Gasteiger partial charge in [-0.1, -0.05) is 329 Å². The second-order valence-corrected chi connectivity index (χ2v) is 18.1. The first-order chi connectivity index (χ1) is 25.8. The van der Waals surface area contributed by atoms with Crippen molar-refractivity contribution in [3.05, 3.63) is 0 Å². The molecule has 0 spiro atoms. The zero-order valence-electron chi connectivity index (χ0n) is 37.5. The van der Waals surface area contributed by atoms with Crippen LogP contribution in [0.1, 0.15) is 329 Å². The van der Waals surface area contributed by atoms with Crippen molar-refractivity contribution in [1.82, 2.24) is 0 Å². The van der Waals surface area contributed by atoms with Gasteiger partial charge in [0.1, 0.15) is 0 Å². The summed E-state index contributed by atoms with van der Waals surface area (Å²) in [7, 11) is 0. The van der Waals surface area contributed by atoms with Crippen LogP contribution in [-0.4, -0.2) is 0 Å². The molecular weight excluding hydrogens is 625 g/mol. The average molecular weight is 731 g/mol. The molecule has 0 heterocycles. The van der Waals surface area contributed by atoms with Gasteiger partial charge in [0.15, 0.2) is 0 Å². The lowest BCUT2D eigenvalue weighted by atomic mass is 9.90. The van der Waals surface area contributed by atoms with Crippen molar-refractivity contribution >= 4 is 0 Å². The largest absolute Gasteiger partial charge is 0.0654 e. The van der Waals surface area contributed by atoms with Crippen LogP contribution in [0.3, 0.4) is 0 Å². The van der Waals surface area contributed by atoms with Crippen molar-refractivity contribution in [3.63, 3.8) is 0 Å². The van der Waals surface area contributed by atoms with E-state index in [0.29, 0.717) is 0 Å². The Morgan fingerprint density at radius 2 is 0.288 bits per heavy atom. The van der Waals surface area contributed by atoms with E-state index in [9.17, 15) is 0 Å². The van der Waals surface area contributed by atoms with Crippen LogP contribution in [0.4, 0.5) is 0 Å². The molecule has 0 amide bonds. The van der Waals surface area contributed by atoms with Gasteiger partial charge >= 0.3 is 0 Å². The number of unbranched alkanes of at least 4 members (excludes halogenated alkanes) is 42. The second kappa shape index (κ2) is 49.0. The van der Waals surface area contributed by atoms with Gasteiger partial charge in [-0.15, -0.1) is 0 Å². The lowest BCUT2D eigenvalue weighted by Gasteiger charge is -2.16. The molecule has 0 aromatic rings. The van der Waals surface area contributed by atoms with Crippen LogP contribution in [0.25, 0.3) is 0 Å². The average Bonchev–Trinajstić information content (AvgIpc) is 3.16. The molecule has 0 aromatic carbocycles. The van der Waals surface area contributed by atoms with Gasteiger partial charge in [-0.2, -0.15) is 0 Å². The maximum Gasteiger partial charge on any atom is -0.0414 e. The minimum atomic E-state index is 1.03. The summed E-state index contributed by atoms with van der Waals surface area (Å²) in [4.78, 5) is 0. The Kier molecular flexibility index (Phi) is 49.0. The number of rotatable bonds is 48. The van der Waals surface area contributed by atoms with Gasteiger partial charge in [-0.3, -0.25) is 0 Å². The number of hydrogen-bond donors (Lipinski definition) is 0. The third-order valence-corrected chi connectivity index (χ3v) is 12.6. The van der Waals surface area contributed by atoms with Crippen LogP contribution >= 0.6 is 0 Å². The van der Waals surface area contributed by atoms with Gasteiger partial charge in [0.05, 0.1) is 0 Å². The molecule has 0 saturated heterocycles. The molecule has 0 bridgehead atoms. The topological polar surface area (TPSA) is 0 Å². The third-order valence-electron chi connectivity index (χ3n) is 12.6. The Bertz CT molecular complexity index is 579. The Hall–Kier alpha value is 0. The molecule has 0 aliphatic rings. The van der Waals surface area contributed by atoms with Gasteiger partial charge in [0, 0.05) is 0 Å². The van der Waals surface area contributed by atoms with Crippen LogP contribution in [0.2, 0.25) is 0 Å². The maximum absolute atomic E-state index is 2.38. The van der Waals surface area contributed by atoms with Crippen LogP contribution in [-0.2, 0) is 0 Å². The van der Waals surface area contributed by atoms with Crippen molar-refractivity contribution < 1.29 is 0 Å². The molecule has 314 valence electrons. The van der Waals surface area contributed by atoms with Crippen molar-refractivity contribution in [2.45, 2.75) is 329 Å². The first-order valence-corrected chi connectivity index (χ1v) is 25.8. The molecule has 0 aliphatic heterocycles. The lowest BCUT2D eigenvalue weighted by Crippen LogP contribution is -2.01. The van der Waals surface area contributed by atoms with E-state index in [4.69, 9.17) is 0 Å². The van der Waals surface area contributed by atoms with Gasteiger partial charge < -0.3 is 0 Å². The Labute approximate surface area is 333 Å². The molecule has 52 heavy (non-hydrogen) atoms. The van der Waals surface area contributed by atoms with Gasteiger partial charge in [-0.25, -0.2) is 0 Å². The SMILES string of the molecule is CCCCCCCCCCCCCCCCCCCCCCCCC(CCCC)CCCCCCCCCCCCCCCCCCCCCCC. The standard InChI is InChI=1S/C52H106/c1-4-7-10-12-14-16-18-20-22-24-26-28-30-32-34-36-38-40-42-44-46-48-51-52(49-9-6-3)50-47-45-43-41-39-37-35-33-31-29-27-25-23-21-19-17-15-13-11-8-5-2/h52H,4-51H2,1-3H3. The predicted octanol–water partition coefficient (Wildman–Crippen LogP) is 20.4. The fraction of sp³-hybridized carbons (Fsp3) is 1.00. The summed E-state index contributed by atoms with van der Waals surface area (Å²) in [6.07, 6.45) is 71.3. The lowest BCUT2D eigenvalue weighted by molar-refractivity contribution is 0.370. The summed E-state index contributed by atoms with van der Waals surface area (Å²) in [5, 5.41) is 0. The summed E-state index contributed by atoms with van der Waals surface area (Å²) >= 11 is 0. The molecule has 0 saturated carbocycles. The Morgan fingerprint density at radius 1 is 0.154 bits per heavy atom. The summed E-state index contributed by atoms with van der Waals surface area (Å²) in [6, 6.07) is 0. The second-order valence-electron chi connectivity index (χ2n) is 18.1. The van der Waals surface area contributed by atoms with E-state index in [1.54, 1.807) is 0 Å². The molecule has 0 rings (SSSR count). The van der Waals surface area contributed by atoms with Crippen molar-refractivity contribution in [1.29, 1.82) is 0 Å². The molecule has 0 fully saturated rings. The van der Waals surface area contributed by atoms with Crippen LogP contribution in [0, 0.1) is 5.92 Å². The summed E-state index contributed by atoms with van der Waals surface area (Å²) in [5.41, 5.74) is 0. The van der Waals surface area contributed by atoms with Crippen molar-refractivity contribution in [2.24, 2.45) is 5.92 Å². The maximum atomic E-state index is 2.38. The highest BCUT2D eigenvalue weighted by atomic mass is 14.1. The van der Waals surface area contributed by atoms with E-state index in [1.807, 2.05) is 0 Å². The highest BCUT2D eigenvalue weighted by Gasteiger charge is 2.08. The summed E-state index contributed by atoms with van der Waals surface area (Å²) < 4.78 is 0. The first kappa shape index (κ1) is 52.0. The molecule has 0 aliphatic carbocycles. The molecule has 1 unspecified atom stereocenters. The molecular formula is C52H106. The summed E-state index contributed by atoms with van der Waals surface area (Å²) in [5.74, 6) is 1.03. The van der Waals surface area contributed by atoms with E-state index >= 15 is 0 Å². The highest BCUT2D eigenvalue weighted by molar-refractivity contribution is 4.62. The quantitative estimate of drug-likeness (QED) is 0.0547. The van der Waals surface area contributed by atoms with E-state index < -0.39 is 0 Å². The van der Waals surface area contributed by atoms with Gasteiger partial charge in [0.2, 0.25) is 0 Å². The van der Waals surface area contributed by atoms with Crippen LogP contribution in [0.15, 0.2) is 0 Å². The van der Waals surface area contributed by atoms with E-state index in [1.165, 1.54) is 308 Å². The number of hydrogen-bond acceptors (Lipinski definition) is 0. The third kappa shape index (κ3) is 46.2. The monoisotopic (exact) mass is 731 g/mol. The normalized spacial score (nSPS) is 12.3. The zero-order valence-corrected chi connectivity index (χ0v) is 37.5. The van der Waals surface area contributed by atoms with Crippen molar-refractivity contribution in [3.8, 4) is 0 Å². The van der Waals surface area contributed by atoms with Crippen LogP contribution < -0.4 is 0 Å². The smallest absolute Gasteiger partial charge is 0.0414 e. The molecule has 0 N–H and O–H groups in total. The van der Waals surface area contributed by atoms with E-state index in [-0.39, 0.29) is 0 Å². The van der Waals surface area contributed by atoms with Crippen molar-refractivity contribution in [2.75, 3.05) is 0 Å². The minimum Gasteiger partial charge on any atom is -0.0654 e. The zero-order chi connectivity index (χ0) is 37.5. The minimum absolute atomic E-state index is 1.03. The summed E-state index contributed by atoms with van der Waals surface area (Å²) in [6.45, 7) is 7.01. The van der Waals surface area contributed by atoms with E-state index in [2.05, 4.69) is 20.8 Å². The molecule has 0 nitrogen and oxygen atoms in total. The highest BCUT2D eigenvalue weighted by Crippen LogP contribution is 2.24. The Morgan fingerprint density at radius 3 is 0.462 bits per heavy atom. The fourth-order valence-electron chi connectivity index (χ4n) is 8.83. The van der Waals surface area contributed by atoms with E-state index in [0.717, 1.165) is 5.92 Å². The van der Waals surface area contributed by atoms with Gasteiger partial charge in [-0.05, 0) is 5.92 Å². The molecule has 0 aromatic heterocycles. The predicted molar refractivity (Wildman–Crippen MR) is 242 cm³/mol. The Balaban J connectivity index is 3.39. The molecule has 0 heteroatoms. The van der Waals surface area contributed by atoms with Gasteiger partial charge in [0.25, 0.3) is 0 Å². The molecule has 0 radical (unpaired) electrons. The fourth-order valence-corrected chi connectivity index (χ4v) is 8.83. The molecule has 1 atom stereocenters. The van der Waals surface area contributed by atoms with Crippen LogP contribution in [0.5, 0.6) is 0 Å². The first-order valence-electron chi connectivity index (χ1n) is 25.8.